The third kappa shape index (κ3) is 4.05. The average molecular weight is 404 g/mol. The number of imidazole rings is 1. The van der Waals surface area contributed by atoms with Gasteiger partial charge in [0.25, 0.3) is 5.91 Å². The second kappa shape index (κ2) is 8.41. The van der Waals surface area contributed by atoms with Crippen LogP contribution in [0, 0.1) is 0 Å². The number of methoxy groups -OCH3 is 1. The maximum atomic E-state index is 12.9. The quantitative estimate of drug-likeness (QED) is 0.467. The van der Waals surface area contributed by atoms with E-state index in [9.17, 15) is 4.79 Å². The number of hydrogen-bond donors (Lipinski definition) is 0. The second-order valence-corrected chi connectivity index (χ2v) is 7.11. The number of aryl methyl sites for hydroxylation is 1. The van der Waals surface area contributed by atoms with Crippen LogP contribution in [-0.2, 0) is 19.5 Å². The molecule has 2 aromatic heterocycles. The van der Waals surface area contributed by atoms with E-state index in [1.807, 2.05) is 48.0 Å². The van der Waals surface area contributed by atoms with Gasteiger partial charge in [-0.2, -0.15) is 0 Å². The zero-order valence-electron chi connectivity index (χ0n) is 17.3. The van der Waals surface area contributed by atoms with E-state index in [0.717, 1.165) is 29.2 Å². The third-order valence-electron chi connectivity index (χ3n) is 5.06. The lowest BCUT2D eigenvalue weighted by Gasteiger charge is -2.17. The lowest BCUT2D eigenvalue weighted by molar-refractivity contribution is 0.0780. The number of aromatic nitrogens is 3. The van der Waals surface area contributed by atoms with Gasteiger partial charge in [-0.05, 0) is 42.8 Å². The van der Waals surface area contributed by atoms with E-state index in [4.69, 9.17) is 9.15 Å². The van der Waals surface area contributed by atoms with Crippen LogP contribution in [0.2, 0.25) is 0 Å². The van der Waals surface area contributed by atoms with Crippen molar-refractivity contribution in [2.75, 3.05) is 14.2 Å². The summed E-state index contributed by atoms with van der Waals surface area (Å²) >= 11 is 0. The minimum atomic E-state index is -0.0874. The fourth-order valence-corrected chi connectivity index (χ4v) is 3.38. The van der Waals surface area contributed by atoms with Gasteiger partial charge in [0, 0.05) is 38.0 Å². The summed E-state index contributed by atoms with van der Waals surface area (Å²) in [6, 6.07) is 13.2. The first-order chi connectivity index (χ1) is 14.6. The minimum Gasteiger partial charge on any atom is -0.497 e. The Hall–Kier alpha value is -3.61. The van der Waals surface area contributed by atoms with E-state index < -0.39 is 0 Å². The molecule has 2 aromatic carbocycles. The molecule has 4 rings (SSSR count). The third-order valence-corrected chi connectivity index (χ3v) is 5.06. The van der Waals surface area contributed by atoms with Crippen LogP contribution in [0.3, 0.4) is 0 Å². The molecular formula is C23H24N4O3. The topological polar surface area (TPSA) is 73.4 Å². The number of benzene rings is 2. The van der Waals surface area contributed by atoms with Crippen LogP contribution < -0.4 is 4.74 Å². The van der Waals surface area contributed by atoms with Gasteiger partial charge in [-0.25, -0.2) is 9.97 Å². The van der Waals surface area contributed by atoms with Gasteiger partial charge in [0.1, 0.15) is 17.1 Å². The summed E-state index contributed by atoms with van der Waals surface area (Å²) in [5.41, 5.74) is 2.98. The summed E-state index contributed by atoms with van der Waals surface area (Å²) in [7, 11) is 3.42. The number of oxazole rings is 1. The highest BCUT2D eigenvalue weighted by Crippen LogP contribution is 2.21. The zero-order chi connectivity index (χ0) is 21.1. The number of amides is 1. The summed E-state index contributed by atoms with van der Waals surface area (Å²) in [4.78, 5) is 23.4. The van der Waals surface area contributed by atoms with E-state index in [0.29, 0.717) is 30.0 Å². The molecule has 2 heterocycles. The fraction of sp³-hybridized carbons (Fsp3) is 0.261. The molecular weight excluding hydrogens is 380 g/mol. The molecule has 30 heavy (non-hydrogen) atoms. The molecule has 0 N–H and O–H groups in total. The van der Waals surface area contributed by atoms with Crippen LogP contribution in [0.4, 0.5) is 0 Å². The standard InChI is InChI=1S/C23H24N4O3/c1-4-27-12-11-24-21(27)15-26(2)23(28)17-7-10-19-20(14-17)30-22(25-19)13-16-5-8-18(29-3)9-6-16/h5-12,14H,4,13,15H2,1-3H3. The molecule has 0 saturated heterocycles. The van der Waals surface area contributed by atoms with Gasteiger partial charge in [-0.15, -0.1) is 0 Å². The van der Waals surface area contributed by atoms with Gasteiger partial charge in [-0.1, -0.05) is 12.1 Å². The molecule has 0 saturated carbocycles. The monoisotopic (exact) mass is 404 g/mol. The first-order valence-corrected chi connectivity index (χ1v) is 9.85. The molecule has 0 aliphatic rings. The molecule has 154 valence electrons. The van der Waals surface area contributed by atoms with Gasteiger partial charge in [-0.3, -0.25) is 4.79 Å². The van der Waals surface area contributed by atoms with Gasteiger partial charge in [0.15, 0.2) is 11.5 Å². The summed E-state index contributed by atoms with van der Waals surface area (Å²) in [5.74, 6) is 2.19. The highest BCUT2D eigenvalue weighted by atomic mass is 16.5. The molecule has 1 amide bonds. The molecule has 0 bridgehead atoms. The Morgan fingerprint density at radius 2 is 2.00 bits per heavy atom. The van der Waals surface area contributed by atoms with E-state index in [1.165, 1.54) is 0 Å². The Labute approximate surface area is 174 Å². The fourth-order valence-electron chi connectivity index (χ4n) is 3.38. The van der Waals surface area contributed by atoms with E-state index >= 15 is 0 Å². The van der Waals surface area contributed by atoms with Crippen LogP contribution in [0.15, 0.2) is 59.3 Å². The van der Waals surface area contributed by atoms with Gasteiger partial charge in [0.2, 0.25) is 0 Å². The molecule has 0 unspecified atom stereocenters. The number of carbonyl (C=O) groups is 1. The number of carbonyl (C=O) groups excluding carboxylic acids is 1. The maximum Gasteiger partial charge on any atom is 0.254 e. The van der Waals surface area contributed by atoms with Gasteiger partial charge < -0.3 is 18.6 Å². The van der Waals surface area contributed by atoms with E-state index in [1.54, 1.807) is 37.4 Å². The Morgan fingerprint density at radius 3 is 2.73 bits per heavy atom. The number of ether oxygens (including phenoxy) is 1. The highest BCUT2D eigenvalue weighted by molar-refractivity contribution is 5.96. The van der Waals surface area contributed by atoms with Crippen molar-refractivity contribution in [1.82, 2.24) is 19.4 Å². The molecule has 0 aliphatic carbocycles. The van der Waals surface area contributed by atoms with Crippen LogP contribution in [0.1, 0.15) is 34.6 Å². The van der Waals surface area contributed by atoms with E-state index in [-0.39, 0.29) is 5.91 Å². The van der Waals surface area contributed by atoms with Crippen molar-refractivity contribution in [3.63, 3.8) is 0 Å². The minimum absolute atomic E-state index is 0.0874. The normalized spacial score (nSPS) is 11.0. The van der Waals surface area contributed by atoms with Crippen molar-refractivity contribution < 1.29 is 13.9 Å². The summed E-state index contributed by atoms with van der Waals surface area (Å²) < 4.78 is 13.1. The smallest absolute Gasteiger partial charge is 0.254 e. The van der Waals surface area contributed by atoms with Crippen molar-refractivity contribution in [1.29, 1.82) is 0 Å². The lowest BCUT2D eigenvalue weighted by atomic mass is 10.1. The van der Waals surface area contributed by atoms with E-state index in [2.05, 4.69) is 9.97 Å². The Balaban J connectivity index is 1.50. The van der Waals surface area contributed by atoms with Gasteiger partial charge in [0.05, 0.1) is 13.7 Å². The zero-order valence-corrected chi connectivity index (χ0v) is 17.3. The predicted molar refractivity (Wildman–Crippen MR) is 114 cm³/mol. The SMILES string of the molecule is CCn1ccnc1CN(C)C(=O)c1ccc2nc(Cc3ccc(OC)cc3)oc2c1. The molecule has 7 nitrogen and oxygen atoms in total. The molecule has 0 radical (unpaired) electrons. The summed E-state index contributed by atoms with van der Waals surface area (Å²) in [5, 5.41) is 0. The van der Waals surface area contributed by atoms with Crippen LogP contribution in [0.25, 0.3) is 11.1 Å². The number of hydrogen-bond acceptors (Lipinski definition) is 5. The number of nitrogens with zero attached hydrogens (tertiary/aromatic N) is 4. The van der Waals surface area contributed by atoms with Crippen LogP contribution >= 0.6 is 0 Å². The lowest BCUT2D eigenvalue weighted by Crippen LogP contribution is -2.27. The Morgan fingerprint density at radius 1 is 1.20 bits per heavy atom. The largest absolute Gasteiger partial charge is 0.497 e. The molecule has 0 atom stereocenters. The average Bonchev–Trinajstić information content (AvgIpc) is 3.38. The second-order valence-electron chi connectivity index (χ2n) is 7.11. The van der Waals surface area contributed by atoms with Crippen molar-refractivity contribution in [3.8, 4) is 5.75 Å². The summed E-state index contributed by atoms with van der Waals surface area (Å²) in [6.07, 6.45) is 4.24. The predicted octanol–water partition coefficient (Wildman–Crippen LogP) is 3.92. The van der Waals surface area contributed by atoms with Crippen LogP contribution in [-0.4, -0.2) is 39.5 Å². The summed E-state index contributed by atoms with van der Waals surface area (Å²) in [6.45, 7) is 3.31. The van der Waals surface area contributed by atoms with Crippen molar-refractivity contribution in [2.24, 2.45) is 0 Å². The highest BCUT2D eigenvalue weighted by Gasteiger charge is 2.16. The Bertz CT molecular complexity index is 1160. The first kappa shape index (κ1) is 19.7. The molecule has 0 fully saturated rings. The first-order valence-electron chi connectivity index (χ1n) is 9.85. The maximum absolute atomic E-state index is 12.9. The number of rotatable bonds is 7. The molecule has 0 spiro atoms. The molecule has 0 aliphatic heterocycles. The molecule has 7 heteroatoms. The van der Waals surface area contributed by atoms with Crippen molar-refractivity contribution in [3.05, 3.63) is 77.7 Å². The van der Waals surface area contributed by atoms with Crippen LogP contribution in [0.5, 0.6) is 5.75 Å². The van der Waals surface area contributed by atoms with Crippen molar-refractivity contribution in [2.45, 2.75) is 26.4 Å². The Kier molecular flexibility index (Phi) is 5.52. The number of fused-ring (bicyclic) bond motifs is 1. The van der Waals surface area contributed by atoms with Gasteiger partial charge >= 0.3 is 0 Å². The molecule has 4 aromatic rings. The van der Waals surface area contributed by atoms with Crippen molar-refractivity contribution >= 4 is 17.0 Å².